The second-order valence-electron chi connectivity index (χ2n) is 3.64. The van der Waals surface area contributed by atoms with Crippen molar-refractivity contribution in [2.24, 2.45) is 0 Å². The number of pyridine rings is 1. The molecular weight excluding hydrogens is 314 g/mol. The Bertz CT molecular complexity index is 692. The SMILES string of the molecule is CCOc1ccc2[nH]c(-c3sccc3Br)nc2n1. The molecule has 0 saturated carbocycles. The van der Waals surface area contributed by atoms with Gasteiger partial charge in [-0.05, 0) is 40.4 Å². The number of aromatic amines is 1. The summed E-state index contributed by atoms with van der Waals surface area (Å²) in [7, 11) is 0. The number of nitrogens with one attached hydrogen (secondary N) is 1. The lowest BCUT2D eigenvalue weighted by Crippen LogP contribution is -1.93. The van der Waals surface area contributed by atoms with Crippen LogP contribution in [0, 0.1) is 0 Å². The minimum Gasteiger partial charge on any atom is -0.478 e. The number of fused-ring (bicyclic) bond motifs is 1. The van der Waals surface area contributed by atoms with Crippen molar-refractivity contribution in [1.82, 2.24) is 15.0 Å². The second-order valence-corrected chi connectivity index (χ2v) is 5.41. The molecule has 6 heteroatoms. The first-order chi connectivity index (χ1) is 8.78. The molecule has 0 fully saturated rings. The van der Waals surface area contributed by atoms with Crippen LogP contribution in [0.15, 0.2) is 28.1 Å². The highest BCUT2D eigenvalue weighted by molar-refractivity contribution is 9.10. The van der Waals surface area contributed by atoms with Crippen molar-refractivity contribution in [2.75, 3.05) is 6.61 Å². The van der Waals surface area contributed by atoms with Crippen LogP contribution in [0.5, 0.6) is 5.88 Å². The van der Waals surface area contributed by atoms with Crippen LogP contribution in [0.2, 0.25) is 0 Å². The molecule has 18 heavy (non-hydrogen) atoms. The topological polar surface area (TPSA) is 50.8 Å². The maximum Gasteiger partial charge on any atom is 0.215 e. The van der Waals surface area contributed by atoms with E-state index in [1.165, 1.54) is 0 Å². The van der Waals surface area contributed by atoms with Crippen molar-refractivity contribution < 1.29 is 4.74 Å². The smallest absolute Gasteiger partial charge is 0.215 e. The third kappa shape index (κ3) is 2.02. The number of nitrogens with zero attached hydrogens (tertiary/aromatic N) is 2. The summed E-state index contributed by atoms with van der Waals surface area (Å²) in [6.07, 6.45) is 0. The number of thiophene rings is 1. The van der Waals surface area contributed by atoms with E-state index in [0.29, 0.717) is 18.1 Å². The van der Waals surface area contributed by atoms with Gasteiger partial charge in [0.15, 0.2) is 11.5 Å². The fraction of sp³-hybridized carbons (Fsp3) is 0.167. The molecule has 0 unspecified atom stereocenters. The summed E-state index contributed by atoms with van der Waals surface area (Å²) >= 11 is 5.14. The van der Waals surface area contributed by atoms with Gasteiger partial charge in [0.2, 0.25) is 5.88 Å². The summed E-state index contributed by atoms with van der Waals surface area (Å²) in [6, 6.07) is 5.79. The second kappa shape index (κ2) is 4.70. The first-order valence-corrected chi connectivity index (χ1v) is 7.18. The minimum atomic E-state index is 0.603. The highest BCUT2D eigenvalue weighted by Crippen LogP contribution is 2.32. The van der Waals surface area contributed by atoms with Crippen molar-refractivity contribution in [3.63, 3.8) is 0 Å². The molecule has 0 aromatic carbocycles. The molecular formula is C12H10BrN3OS. The van der Waals surface area contributed by atoms with Gasteiger partial charge in [-0.15, -0.1) is 11.3 Å². The first-order valence-electron chi connectivity index (χ1n) is 5.51. The quantitative estimate of drug-likeness (QED) is 0.796. The normalized spacial score (nSPS) is 11.0. The molecule has 3 heterocycles. The standard InChI is InChI=1S/C12H10BrN3OS/c1-2-17-9-4-3-8-11(15-9)16-12(14-8)10-7(13)5-6-18-10/h3-6H,2H2,1H3,(H,14,15,16). The van der Waals surface area contributed by atoms with Crippen molar-refractivity contribution in [2.45, 2.75) is 6.92 Å². The third-order valence-corrected chi connectivity index (χ3v) is 4.29. The number of ether oxygens (including phenoxy) is 1. The van der Waals surface area contributed by atoms with Crippen LogP contribution in [0.1, 0.15) is 6.92 Å². The fourth-order valence-corrected chi connectivity index (χ4v) is 3.18. The molecule has 3 rings (SSSR count). The Kier molecular flexibility index (Phi) is 3.05. The van der Waals surface area contributed by atoms with Gasteiger partial charge >= 0.3 is 0 Å². The van der Waals surface area contributed by atoms with Crippen molar-refractivity contribution in [3.05, 3.63) is 28.1 Å². The molecule has 0 saturated heterocycles. The molecule has 0 spiro atoms. The molecule has 3 aromatic rings. The molecule has 0 aliphatic rings. The minimum absolute atomic E-state index is 0.603. The zero-order valence-electron chi connectivity index (χ0n) is 9.61. The summed E-state index contributed by atoms with van der Waals surface area (Å²) < 4.78 is 6.40. The van der Waals surface area contributed by atoms with E-state index in [2.05, 4.69) is 30.9 Å². The zero-order chi connectivity index (χ0) is 12.5. The van der Waals surface area contributed by atoms with E-state index in [9.17, 15) is 0 Å². The lowest BCUT2D eigenvalue weighted by molar-refractivity contribution is 0.328. The van der Waals surface area contributed by atoms with Gasteiger partial charge in [0, 0.05) is 10.5 Å². The van der Waals surface area contributed by atoms with Crippen LogP contribution in [0.25, 0.3) is 21.9 Å². The molecule has 0 radical (unpaired) electrons. The van der Waals surface area contributed by atoms with Crippen molar-refractivity contribution >= 4 is 38.4 Å². The Labute approximate surface area is 116 Å². The molecule has 0 aliphatic carbocycles. The highest BCUT2D eigenvalue weighted by atomic mass is 79.9. The first kappa shape index (κ1) is 11.7. The number of H-pyrrole nitrogens is 1. The molecule has 0 aliphatic heterocycles. The molecule has 0 atom stereocenters. The van der Waals surface area contributed by atoms with Gasteiger partial charge in [-0.3, -0.25) is 0 Å². The Morgan fingerprint density at radius 2 is 2.22 bits per heavy atom. The summed E-state index contributed by atoms with van der Waals surface area (Å²) in [6.45, 7) is 2.54. The maximum atomic E-state index is 5.37. The zero-order valence-corrected chi connectivity index (χ0v) is 12.0. The van der Waals surface area contributed by atoms with E-state index in [0.717, 1.165) is 20.7 Å². The molecule has 0 bridgehead atoms. The van der Waals surface area contributed by atoms with Crippen LogP contribution in [-0.4, -0.2) is 21.6 Å². The fourth-order valence-electron chi connectivity index (χ4n) is 1.67. The van der Waals surface area contributed by atoms with Gasteiger partial charge in [-0.25, -0.2) is 4.98 Å². The summed E-state index contributed by atoms with van der Waals surface area (Å²) in [5.74, 6) is 1.43. The number of aromatic nitrogens is 3. The third-order valence-electron chi connectivity index (χ3n) is 2.44. The average Bonchev–Trinajstić information content (AvgIpc) is 2.94. The molecule has 4 nitrogen and oxygen atoms in total. The number of hydrogen-bond donors (Lipinski definition) is 1. The number of rotatable bonds is 3. The van der Waals surface area contributed by atoms with Gasteiger partial charge in [0.1, 0.15) is 0 Å². The van der Waals surface area contributed by atoms with Crippen LogP contribution >= 0.6 is 27.3 Å². The van der Waals surface area contributed by atoms with Gasteiger partial charge in [-0.1, -0.05) is 0 Å². The van der Waals surface area contributed by atoms with E-state index >= 15 is 0 Å². The Morgan fingerprint density at radius 1 is 1.33 bits per heavy atom. The Morgan fingerprint density at radius 3 is 2.94 bits per heavy atom. The highest BCUT2D eigenvalue weighted by Gasteiger charge is 2.11. The summed E-state index contributed by atoms with van der Waals surface area (Å²) in [5, 5.41) is 2.02. The molecule has 92 valence electrons. The summed E-state index contributed by atoms with van der Waals surface area (Å²) in [4.78, 5) is 13.2. The van der Waals surface area contributed by atoms with Gasteiger partial charge < -0.3 is 9.72 Å². The van der Waals surface area contributed by atoms with Gasteiger partial charge in [0.05, 0.1) is 17.0 Å². The predicted molar refractivity (Wildman–Crippen MR) is 76.1 cm³/mol. The van der Waals surface area contributed by atoms with Crippen molar-refractivity contribution in [3.8, 4) is 16.6 Å². The lowest BCUT2D eigenvalue weighted by Gasteiger charge is -1.99. The average molecular weight is 324 g/mol. The van der Waals surface area contributed by atoms with E-state index in [-0.39, 0.29) is 0 Å². The van der Waals surface area contributed by atoms with Crippen LogP contribution < -0.4 is 4.74 Å². The van der Waals surface area contributed by atoms with Gasteiger partial charge in [0.25, 0.3) is 0 Å². The van der Waals surface area contributed by atoms with Crippen LogP contribution in [0.4, 0.5) is 0 Å². The number of hydrogen-bond acceptors (Lipinski definition) is 4. The van der Waals surface area contributed by atoms with E-state index in [1.54, 1.807) is 11.3 Å². The number of imidazole rings is 1. The Balaban J connectivity index is 2.08. The molecule has 0 amide bonds. The van der Waals surface area contributed by atoms with E-state index < -0.39 is 0 Å². The van der Waals surface area contributed by atoms with Crippen LogP contribution in [-0.2, 0) is 0 Å². The maximum absolute atomic E-state index is 5.37. The predicted octanol–water partition coefficient (Wildman–Crippen LogP) is 3.85. The van der Waals surface area contributed by atoms with E-state index in [1.807, 2.05) is 30.5 Å². The lowest BCUT2D eigenvalue weighted by atomic mass is 10.4. The van der Waals surface area contributed by atoms with E-state index in [4.69, 9.17) is 4.74 Å². The number of halogens is 1. The Hall–Kier alpha value is -1.40. The van der Waals surface area contributed by atoms with Gasteiger partial charge in [-0.2, -0.15) is 4.98 Å². The van der Waals surface area contributed by atoms with Crippen molar-refractivity contribution in [1.29, 1.82) is 0 Å². The monoisotopic (exact) mass is 323 g/mol. The van der Waals surface area contributed by atoms with Crippen LogP contribution in [0.3, 0.4) is 0 Å². The largest absolute Gasteiger partial charge is 0.478 e. The summed E-state index contributed by atoms with van der Waals surface area (Å²) in [5.41, 5.74) is 1.59. The molecule has 3 aromatic heterocycles. The molecule has 1 N–H and O–H groups in total.